The predicted octanol–water partition coefficient (Wildman–Crippen LogP) is 1.35. The van der Waals surface area contributed by atoms with E-state index in [1.54, 1.807) is 6.08 Å². The Hall–Kier alpha value is -0.830. The van der Waals surface area contributed by atoms with E-state index in [-0.39, 0.29) is 0 Å². The van der Waals surface area contributed by atoms with Crippen LogP contribution in [0.15, 0.2) is 24.0 Å². The number of hydrogen-bond acceptors (Lipinski definition) is 2. The Bertz CT molecular complexity index is 132. The average Bonchev–Trinajstić information content (AvgIpc) is 1.99. The summed E-state index contributed by atoms with van der Waals surface area (Å²) in [4.78, 5) is 0. The van der Waals surface area contributed by atoms with E-state index >= 15 is 0 Å². The summed E-state index contributed by atoms with van der Waals surface area (Å²) < 4.78 is 15.7. The van der Waals surface area contributed by atoms with Crippen LogP contribution in [0, 0.1) is 0 Å². The highest BCUT2D eigenvalue weighted by atomic mass is 19.1. The number of nitrogens with two attached hydrogens (primary N) is 1. The molecule has 0 saturated carbocycles. The van der Waals surface area contributed by atoms with E-state index in [0.717, 1.165) is 5.57 Å². The van der Waals surface area contributed by atoms with E-state index in [4.69, 9.17) is 5.73 Å². The first-order valence-electron chi connectivity index (χ1n) is 3.04. The Labute approximate surface area is 60.2 Å². The van der Waals surface area contributed by atoms with Crippen molar-refractivity contribution in [3.05, 3.63) is 24.0 Å². The van der Waals surface area contributed by atoms with Gasteiger partial charge in [0.15, 0.2) is 0 Å². The third kappa shape index (κ3) is 4.09. The first-order valence-corrected chi connectivity index (χ1v) is 3.04. The molecule has 58 valence electrons. The molecule has 0 rings (SSSR count). The lowest BCUT2D eigenvalue weighted by atomic mass is 10.2. The molecule has 2 nitrogen and oxygen atoms in total. The highest BCUT2D eigenvalue weighted by Crippen LogP contribution is 1.93. The molecule has 0 aromatic heterocycles. The van der Waals surface area contributed by atoms with Crippen LogP contribution in [0.4, 0.5) is 4.39 Å². The fraction of sp³-hybridized carbons (Fsp3) is 0.429. The van der Waals surface area contributed by atoms with Crippen LogP contribution >= 0.6 is 0 Å². The first-order chi connectivity index (χ1) is 4.85. The molecule has 0 radical (unpaired) electrons. The molecule has 0 aromatic carbocycles. The van der Waals surface area contributed by atoms with Gasteiger partial charge in [-0.25, -0.2) is 4.39 Å². The number of alkyl halides is 1. The van der Waals surface area contributed by atoms with E-state index in [9.17, 15) is 4.39 Å². The lowest BCUT2D eigenvalue weighted by Gasteiger charge is -1.93. The molecule has 10 heavy (non-hydrogen) atoms. The van der Waals surface area contributed by atoms with Crippen LogP contribution in [0.5, 0.6) is 0 Å². The summed E-state index contributed by atoms with van der Waals surface area (Å²) in [6.45, 7) is 1.52. The predicted molar refractivity (Wildman–Crippen MR) is 39.0 cm³/mol. The van der Waals surface area contributed by atoms with E-state index in [2.05, 4.69) is 4.74 Å². The second kappa shape index (κ2) is 6.29. The maximum atomic E-state index is 11.3. The zero-order valence-corrected chi connectivity index (χ0v) is 6.01. The minimum absolute atomic E-state index is 0.447. The third-order valence-corrected chi connectivity index (χ3v) is 1.05. The maximum absolute atomic E-state index is 11.3. The molecule has 0 unspecified atom stereocenters. The molecule has 0 atom stereocenters. The summed E-state index contributed by atoms with van der Waals surface area (Å²) >= 11 is 0. The molecule has 0 aliphatic carbocycles. The molecule has 2 N–H and O–H groups in total. The largest absolute Gasteiger partial charge is 0.471 e. The molecule has 0 spiro atoms. The van der Waals surface area contributed by atoms with E-state index in [1.165, 1.54) is 6.26 Å². The fourth-order valence-corrected chi connectivity index (χ4v) is 0.454. The molecule has 0 heterocycles. The van der Waals surface area contributed by atoms with Gasteiger partial charge in [0, 0.05) is 6.54 Å². The minimum Gasteiger partial charge on any atom is -0.471 e. The van der Waals surface area contributed by atoms with Crippen LogP contribution in [0.25, 0.3) is 0 Å². The lowest BCUT2D eigenvalue weighted by molar-refractivity contribution is 0.141. The van der Waals surface area contributed by atoms with Crippen LogP contribution < -0.4 is 5.73 Å². The Morgan fingerprint density at radius 3 is 2.80 bits per heavy atom. The Kier molecular flexibility index (Phi) is 5.77. The monoisotopic (exact) mass is 145 g/mol. The zero-order valence-electron chi connectivity index (χ0n) is 6.01. The topological polar surface area (TPSA) is 35.2 Å². The van der Waals surface area contributed by atoms with Gasteiger partial charge in [-0.2, -0.15) is 0 Å². The highest BCUT2D eigenvalue weighted by Gasteiger charge is 1.83. The standard InChI is InChI=1S/C7H12FNO/c1-2-7(5-9)3-4-10-6-8/h2-4H,5-6,9H2,1H3/b4-3+,7-2+. The molecule has 0 aromatic rings. The third-order valence-electron chi connectivity index (χ3n) is 1.05. The van der Waals surface area contributed by atoms with Gasteiger partial charge in [0.2, 0.25) is 6.86 Å². The molecule has 0 amide bonds. The van der Waals surface area contributed by atoms with Crippen molar-refractivity contribution in [3.8, 4) is 0 Å². The normalized spacial score (nSPS) is 12.5. The van der Waals surface area contributed by atoms with Crippen molar-refractivity contribution in [1.29, 1.82) is 0 Å². The second-order valence-corrected chi connectivity index (χ2v) is 1.65. The number of halogens is 1. The summed E-state index contributed by atoms with van der Waals surface area (Å²) in [6.07, 6.45) is 4.78. The van der Waals surface area contributed by atoms with Gasteiger partial charge in [-0.05, 0) is 18.6 Å². The van der Waals surface area contributed by atoms with Crippen molar-refractivity contribution in [2.24, 2.45) is 5.73 Å². The first kappa shape index (κ1) is 9.17. The summed E-state index contributed by atoms with van der Waals surface area (Å²) in [5.41, 5.74) is 6.22. The number of hydrogen-bond donors (Lipinski definition) is 1. The summed E-state index contributed by atoms with van der Waals surface area (Å²) in [5, 5.41) is 0. The fourth-order valence-electron chi connectivity index (χ4n) is 0.454. The van der Waals surface area contributed by atoms with Crippen molar-refractivity contribution in [1.82, 2.24) is 0 Å². The van der Waals surface area contributed by atoms with E-state index < -0.39 is 6.86 Å². The number of allylic oxidation sites excluding steroid dienone is 1. The van der Waals surface area contributed by atoms with Crippen LogP contribution in [0.2, 0.25) is 0 Å². The summed E-state index contributed by atoms with van der Waals surface area (Å²) in [7, 11) is 0. The average molecular weight is 145 g/mol. The molecule has 0 aliphatic rings. The second-order valence-electron chi connectivity index (χ2n) is 1.65. The van der Waals surface area contributed by atoms with Crippen LogP contribution in [-0.4, -0.2) is 13.4 Å². The van der Waals surface area contributed by atoms with Gasteiger partial charge in [-0.15, -0.1) is 0 Å². The maximum Gasteiger partial charge on any atom is 0.227 e. The molecule has 0 saturated heterocycles. The van der Waals surface area contributed by atoms with Crippen molar-refractivity contribution in [3.63, 3.8) is 0 Å². The van der Waals surface area contributed by atoms with Gasteiger partial charge in [0.05, 0.1) is 6.26 Å². The van der Waals surface area contributed by atoms with Crippen LogP contribution in [-0.2, 0) is 4.74 Å². The van der Waals surface area contributed by atoms with Crippen molar-refractivity contribution >= 4 is 0 Å². The van der Waals surface area contributed by atoms with Crippen LogP contribution in [0.1, 0.15) is 6.92 Å². The Balaban J connectivity index is 3.63. The highest BCUT2D eigenvalue weighted by molar-refractivity contribution is 5.17. The van der Waals surface area contributed by atoms with Gasteiger partial charge < -0.3 is 10.5 Å². The molecule has 3 heteroatoms. The molecular weight excluding hydrogens is 133 g/mol. The molecule has 0 aliphatic heterocycles. The Morgan fingerprint density at radius 1 is 1.70 bits per heavy atom. The van der Waals surface area contributed by atoms with E-state index in [1.807, 2.05) is 13.0 Å². The minimum atomic E-state index is -0.794. The molecule has 0 bridgehead atoms. The van der Waals surface area contributed by atoms with Gasteiger partial charge in [-0.3, -0.25) is 0 Å². The summed E-state index contributed by atoms with van der Waals surface area (Å²) in [5.74, 6) is 0. The van der Waals surface area contributed by atoms with Gasteiger partial charge in [0.1, 0.15) is 0 Å². The summed E-state index contributed by atoms with van der Waals surface area (Å²) in [6, 6.07) is 0. The zero-order chi connectivity index (χ0) is 7.82. The van der Waals surface area contributed by atoms with Gasteiger partial charge in [0.25, 0.3) is 0 Å². The Morgan fingerprint density at radius 2 is 2.40 bits per heavy atom. The number of rotatable bonds is 4. The van der Waals surface area contributed by atoms with Crippen molar-refractivity contribution in [2.75, 3.05) is 13.4 Å². The van der Waals surface area contributed by atoms with Crippen LogP contribution in [0.3, 0.4) is 0 Å². The SMILES string of the molecule is C/C=C(\C=C\OCF)CN. The van der Waals surface area contributed by atoms with Crippen molar-refractivity contribution in [2.45, 2.75) is 6.92 Å². The quantitative estimate of drug-likeness (QED) is 0.478. The van der Waals surface area contributed by atoms with Gasteiger partial charge in [-0.1, -0.05) is 6.08 Å². The van der Waals surface area contributed by atoms with E-state index in [0.29, 0.717) is 6.54 Å². The number of ether oxygens (including phenoxy) is 1. The van der Waals surface area contributed by atoms with Crippen molar-refractivity contribution < 1.29 is 9.13 Å². The van der Waals surface area contributed by atoms with Gasteiger partial charge >= 0.3 is 0 Å². The molecule has 0 fully saturated rings. The molecular formula is C7H12FNO. The lowest BCUT2D eigenvalue weighted by Crippen LogP contribution is -2.00. The smallest absolute Gasteiger partial charge is 0.227 e.